The molecule has 0 spiro atoms. The van der Waals surface area contributed by atoms with Gasteiger partial charge in [-0.15, -0.1) is 0 Å². The maximum Gasteiger partial charge on any atom is 0.243 e. The number of piperidine rings is 1. The maximum absolute atomic E-state index is 13.0. The van der Waals surface area contributed by atoms with Crippen molar-refractivity contribution < 1.29 is 13.2 Å². The average Bonchev–Trinajstić information content (AvgIpc) is 2.67. The molecule has 1 heterocycles. The lowest BCUT2D eigenvalue weighted by atomic mass is 9.82. The standard InChI is InChI=1S/C22H28N2O3S/c1-17-9-11-20(12-10-17)28(26,27)24-14-6-13-22(3,16-24)21(25)23-15-19-8-5-4-7-18(19)2/h4-5,7-12H,6,13-16H2,1-3H3,(H,23,25). The molecule has 0 aromatic heterocycles. The second-order valence-corrected chi connectivity index (χ2v) is 9.86. The third-order valence-corrected chi connectivity index (χ3v) is 7.43. The highest BCUT2D eigenvalue weighted by Crippen LogP contribution is 2.33. The summed E-state index contributed by atoms with van der Waals surface area (Å²) in [5.41, 5.74) is 2.47. The summed E-state index contributed by atoms with van der Waals surface area (Å²) in [6.45, 7) is 6.88. The SMILES string of the molecule is Cc1ccc(S(=O)(=O)N2CCCC(C)(C(=O)NCc3ccccc3C)C2)cc1. The van der Waals surface area contributed by atoms with E-state index >= 15 is 0 Å². The number of amides is 1. The van der Waals surface area contributed by atoms with Gasteiger partial charge in [-0.05, 0) is 56.9 Å². The van der Waals surface area contributed by atoms with E-state index in [2.05, 4.69) is 5.32 Å². The highest BCUT2D eigenvalue weighted by molar-refractivity contribution is 7.89. The molecule has 0 aliphatic carbocycles. The minimum absolute atomic E-state index is 0.0976. The summed E-state index contributed by atoms with van der Waals surface area (Å²) in [6, 6.07) is 14.8. The zero-order valence-corrected chi connectivity index (χ0v) is 17.6. The van der Waals surface area contributed by atoms with Crippen LogP contribution in [0.4, 0.5) is 0 Å². The Morgan fingerprint density at radius 3 is 2.46 bits per heavy atom. The second-order valence-electron chi connectivity index (χ2n) is 7.93. The molecule has 0 saturated carbocycles. The van der Waals surface area contributed by atoms with E-state index in [1.54, 1.807) is 24.3 Å². The number of hydrogen-bond donors (Lipinski definition) is 1. The quantitative estimate of drug-likeness (QED) is 0.836. The summed E-state index contributed by atoms with van der Waals surface area (Å²) in [5.74, 6) is -0.0976. The van der Waals surface area contributed by atoms with Gasteiger partial charge in [0.15, 0.2) is 0 Å². The number of sulfonamides is 1. The van der Waals surface area contributed by atoms with Crippen LogP contribution in [0.15, 0.2) is 53.4 Å². The number of benzene rings is 2. The molecule has 2 aromatic rings. The first kappa shape index (κ1) is 20.6. The molecule has 1 aliphatic rings. The van der Waals surface area contributed by atoms with Gasteiger partial charge < -0.3 is 5.32 Å². The third kappa shape index (κ3) is 4.28. The second kappa shape index (κ2) is 8.05. The smallest absolute Gasteiger partial charge is 0.243 e. The maximum atomic E-state index is 13.0. The van der Waals surface area contributed by atoms with Crippen LogP contribution in [0, 0.1) is 19.3 Å². The lowest BCUT2D eigenvalue weighted by molar-refractivity contribution is -0.132. The molecule has 2 aromatic carbocycles. The largest absolute Gasteiger partial charge is 0.352 e. The summed E-state index contributed by atoms with van der Waals surface area (Å²) < 4.78 is 27.5. The number of hydrogen-bond acceptors (Lipinski definition) is 3. The lowest BCUT2D eigenvalue weighted by Crippen LogP contribution is -2.51. The Morgan fingerprint density at radius 2 is 1.79 bits per heavy atom. The van der Waals surface area contributed by atoms with E-state index in [0.717, 1.165) is 16.7 Å². The van der Waals surface area contributed by atoms with Crippen LogP contribution in [-0.4, -0.2) is 31.7 Å². The predicted octanol–water partition coefficient (Wildman–Crippen LogP) is 3.41. The van der Waals surface area contributed by atoms with Gasteiger partial charge in [0.05, 0.1) is 10.3 Å². The van der Waals surface area contributed by atoms with E-state index in [-0.39, 0.29) is 17.3 Å². The van der Waals surface area contributed by atoms with Crippen molar-refractivity contribution in [2.45, 2.75) is 45.1 Å². The molecule has 1 atom stereocenters. The Morgan fingerprint density at radius 1 is 1.11 bits per heavy atom. The number of rotatable bonds is 5. The van der Waals surface area contributed by atoms with E-state index in [1.807, 2.05) is 45.0 Å². The summed E-state index contributed by atoms with van der Waals surface area (Å²) in [4.78, 5) is 13.2. The number of carbonyl (C=O) groups excluding carboxylic acids is 1. The topological polar surface area (TPSA) is 66.5 Å². The van der Waals surface area contributed by atoms with E-state index in [9.17, 15) is 13.2 Å². The molecular formula is C22H28N2O3S. The van der Waals surface area contributed by atoms with Crippen molar-refractivity contribution in [3.8, 4) is 0 Å². The van der Waals surface area contributed by atoms with Gasteiger partial charge in [0.1, 0.15) is 0 Å². The average molecular weight is 401 g/mol. The monoisotopic (exact) mass is 400 g/mol. The van der Waals surface area contributed by atoms with Crippen molar-refractivity contribution in [2.75, 3.05) is 13.1 Å². The van der Waals surface area contributed by atoms with Gasteiger partial charge in [-0.2, -0.15) is 4.31 Å². The van der Waals surface area contributed by atoms with Crippen molar-refractivity contribution in [2.24, 2.45) is 5.41 Å². The molecule has 3 rings (SSSR count). The van der Waals surface area contributed by atoms with E-state index in [1.165, 1.54) is 4.31 Å². The minimum atomic E-state index is -3.60. The number of nitrogens with one attached hydrogen (secondary N) is 1. The molecule has 1 amide bonds. The van der Waals surface area contributed by atoms with Crippen LogP contribution >= 0.6 is 0 Å². The minimum Gasteiger partial charge on any atom is -0.352 e. The van der Waals surface area contributed by atoms with Crippen LogP contribution < -0.4 is 5.32 Å². The first-order chi connectivity index (χ1) is 13.2. The van der Waals surface area contributed by atoms with Crippen molar-refractivity contribution in [1.29, 1.82) is 0 Å². The normalized spacial score (nSPS) is 20.7. The van der Waals surface area contributed by atoms with Crippen molar-refractivity contribution in [3.63, 3.8) is 0 Å². The first-order valence-corrected chi connectivity index (χ1v) is 11.1. The van der Waals surface area contributed by atoms with Gasteiger partial charge >= 0.3 is 0 Å². The van der Waals surface area contributed by atoms with Crippen LogP contribution in [0.25, 0.3) is 0 Å². The fourth-order valence-electron chi connectivity index (χ4n) is 3.64. The zero-order valence-electron chi connectivity index (χ0n) is 16.7. The molecular weight excluding hydrogens is 372 g/mol. The lowest BCUT2D eigenvalue weighted by Gasteiger charge is -2.38. The van der Waals surface area contributed by atoms with E-state index in [4.69, 9.17) is 0 Å². The fraction of sp³-hybridized carbons (Fsp3) is 0.409. The van der Waals surface area contributed by atoms with Gasteiger partial charge in [0.25, 0.3) is 0 Å². The Balaban J connectivity index is 1.72. The Kier molecular flexibility index (Phi) is 5.91. The summed E-state index contributed by atoms with van der Waals surface area (Å²) in [6.07, 6.45) is 1.34. The molecule has 1 unspecified atom stereocenters. The van der Waals surface area contributed by atoms with Crippen LogP contribution in [0.5, 0.6) is 0 Å². The van der Waals surface area contributed by atoms with Crippen LogP contribution in [-0.2, 0) is 21.4 Å². The molecule has 0 bridgehead atoms. The van der Waals surface area contributed by atoms with Gasteiger partial charge in [0.2, 0.25) is 15.9 Å². The van der Waals surface area contributed by atoms with E-state index < -0.39 is 15.4 Å². The molecule has 5 nitrogen and oxygen atoms in total. The third-order valence-electron chi connectivity index (χ3n) is 5.57. The molecule has 0 radical (unpaired) electrons. The fourth-order valence-corrected chi connectivity index (χ4v) is 5.24. The molecule has 150 valence electrons. The summed E-state index contributed by atoms with van der Waals surface area (Å²) >= 11 is 0. The van der Waals surface area contributed by atoms with E-state index in [0.29, 0.717) is 25.9 Å². The van der Waals surface area contributed by atoms with Crippen LogP contribution in [0.3, 0.4) is 0 Å². The number of aryl methyl sites for hydroxylation is 2. The van der Waals surface area contributed by atoms with Gasteiger partial charge in [-0.1, -0.05) is 42.0 Å². The number of nitrogens with zero attached hydrogens (tertiary/aromatic N) is 1. The van der Waals surface area contributed by atoms with Crippen molar-refractivity contribution in [1.82, 2.24) is 9.62 Å². The molecule has 1 N–H and O–H groups in total. The molecule has 28 heavy (non-hydrogen) atoms. The predicted molar refractivity (Wildman–Crippen MR) is 110 cm³/mol. The van der Waals surface area contributed by atoms with Gasteiger partial charge in [0, 0.05) is 19.6 Å². The highest BCUT2D eigenvalue weighted by atomic mass is 32.2. The highest BCUT2D eigenvalue weighted by Gasteiger charge is 2.41. The zero-order chi connectivity index (χ0) is 20.4. The van der Waals surface area contributed by atoms with Gasteiger partial charge in [-0.25, -0.2) is 8.42 Å². The van der Waals surface area contributed by atoms with Crippen molar-refractivity contribution >= 4 is 15.9 Å². The summed E-state index contributed by atoms with van der Waals surface area (Å²) in [5, 5.41) is 3.01. The van der Waals surface area contributed by atoms with Crippen LogP contribution in [0.1, 0.15) is 36.5 Å². The Bertz CT molecular complexity index is 954. The molecule has 6 heteroatoms. The van der Waals surface area contributed by atoms with Crippen molar-refractivity contribution in [3.05, 3.63) is 65.2 Å². The summed E-state index contributed by atoms with van der Waals surface area (Å²) in [7, 11) is -3.60. The number of carbonyl (C=O) groups is 1. The Labute approximate surface area is 167 Å². The first-order valence-electron chi connectivity index (χ1n) is 9.62. The van der Waals surface area contributed by atoms with Gasteiger partial charge in [-0.3, -0.25) is 4.79 Å². The molecule has 1 saturated heterocycles. The Hall–Kier alpha value is -2.18. The molecule has 1 aliphatic heterocycles. The molecule has 1 fully saturated rings. The van der Waals surface area contributed by atoms with Crippen LogP contribution in [0.2, 0.25) is 0 Å².